The van der Waals surface area contributed by atoms with Crippen molar-refractivity contribution in [2.45, 2.75) is 6.54 Å². The number of non-ortho nitro benzene ring substituents is 1. The molecule has 0 atom stereocenters. The van der Waals surface area contributed by atoms with Gasteiger partial charge in [-0.15, -0.1) is 0 Å². The van der Waals surface area contributed by atoms with E-state index in [2.05, 4.69) is 16.1 Å². The fraction of sp³-hybridized carbons (Fsp3) is 0.263. The normalized spacial score (nSPS) is 15.2. The fourth-order valence-corrected chi connectivity index (χ4v) is 3.31. The van der Waals surface area contributed by atoms with Crippen LogP contribution in [-0.2, 0) is 6.54 Å². The predicted molar refractivity (Wildman–Crippen MR) is 99.5 cm³/mol. The highest BCUT2D eigenvalue weighted by Gasteiger charge is 2.23. The van der Waals surface area contributed by atoms with Crippen molar-refractivity contribution in [3.63, 3.8) is 0 Å². The standard InChI is InChI=1S/C19H19N5O3/c25-19(15-4-6-17(7-5-15)24(26)27)22-11-9-21(10-12-22)14-16-13-18-3-1-2-8-23(18)20-16/h1-8,13H,9-12,14H2. The number of pyridine rings is 1. The van der Waals surface area contributed by atoms with E-state index in [1.807, 2.05) is 28.9 Å². The summed E-state index contributed by atoms with van der Waals surface area (Å²) in [6.45, 7) is 3.55. The second-order valence-electron chi connectivity index (χ2n) is 6.58. The lowest BCUT2D eigenvalue weighted by molar-refractivity contribution is -0.384. The Morgan fingerprint density at radius 2 is 1.81 bits per heavy atom. The van der Waals surface area contributed by atoms with Gasteiger partial charge in [-0.2, -0.15) is 5.10 Å². The van der Waals surface area contributed by atoms with Gasteiger partial charge in [0.2, 0.25) is 0 Å². The van der Waals surface area contributed by atoms with E-state index >= 15 is 0 Å². The summed E-state index contributed by atoms with van der Waals surface area (Å²) < 4.78 is 1.86. The minimum atomic E-state index is -0.466. The summed E-state index contributed by atoms with van der Waals surface area (Å²) >= 11 is 0. The summed E-state index contributed by atoms with van der Waals surface area (Å²) in [6, 6.07) is 13.8. The second-order valence-corrected chi connectivity index (χ2v) is 6.58. The first kappa shape index (κ1) is 17.2. The maximum atomic E-state index is 12.6. The molecule has 3 aromatic rings. The lowest BCUT2D eigenvalue weighted by atomic mass is 10.1. The lowest BCUT2D eigenvalue weighted by Gasteiger charge is -2.34. The van der Waals surface area contributed by atoms with Gasteiger partial charge in [-0.1, -0.05) is 6.07 Å². The van der Waals surface area contributed by atoms with Crippen molar-refractivity contribution in [1.82, 2.24) is 19.4 Å². The Labute approximate surface area is 155 Å². The van der Waals surface area contributed by atoms with Crippen molar-refractivity contribution in [3.05, 3.63) is 76.1 Å². The molecule has 0 bridgehead atoms. The average Bonchev–Trinajstić information content (AvgIpc) is 3.10. The number of carbonyl (C=O) groups excluding carboxylic acids is 1. The molecule has 0 saturated carbocycles. The van der Waals surface area contributed by atoms with Crippen LogP contribution in [0.4, 0.5) is 5.69 Å². The van der Waals surface area contributed by atoms with Gasteiger partial charge < -0.3 is 4.90 Å². The molecule has 0 unspecified atom stereocenters. The molecule has 27 heavy (non-hydrogen) atoms. The summed E-state index contributed by atoms with van der Waals surface area (Å²) in [7, 11) is 0. The van der Waals surface area contributed by atoms with Crippen LogP contribution >= 0.6 is 0 Å². The van der Waals surface area contributed by atoms with Gasteiger partial charge >= 0.3 is 0 Å². The number of nitro benzene ring substituents is 1. The van der Waals surface area contributed by atoms with Crippen molar-refractivity contribution in [1.29, 1.82) is 0 Å². The van der Waals surface area contributed by atoms with Gasteiger partial charge in [-0.05, 0) is 30.3 Å². The summed E-state index contributed by atoms with van der Waals surface area (Å²) in [6.07, 6.45) is 1.93. The molecule has 8 nitrogen and oxygen atoms in total. The van der Waals surface area contributed by atoms with E-state index < -0.39 is 4.92 Å². The lowest BCUT2D eigenvalue weighted by Crippen LogP contribution is -2.48. The third-order valence-electron chi connectivity index (χ3n) is 4.79. The Kier molecular flexibility index (Phi) is 4.55. The molecular weight excluding hydrogens is 346 g/mol. The van der Waals surface area contributed by atoms with Gasteiger partial charge in [0, 0.05) is 56.6 Å². The molecule has 0 N–H and O–H groups in total. The molecule has 0 spiro atoms. The van der Waals surface area contributed by atoms with Crippen molar-refractivity contribution in [2.24, 2.45) is 0 Å². The van der Waals surface area contributed by atoms with Crippen molar-refractivity contribution in [2.75, 3.05) is 26.2 Å². The number of amides is 1. The highest BCUT2D eigenvalue weighted by molar-refractivity contribution is 5.94. The molecule has 1 amide bonds. The first-order valence-electron chi connectivity index (χ1n) is 8.79. The molecule has 4 rings (SSSR count). The summed E-state index contributed by atoms with van der Waals surface area (Å²) in [5, 5.41) is 15.3. The number of fused-ring (bicyclic) bond motifs is 1. The Morgan fingerprint density at radius 1 is 1.07 bits per heavy atom. The first-order valence-corrected chi connectivity index (χ1v) is 8.79. The topological polar surface area (TPSA) is 84.0 Å². The van der Waals surface area contributed by atoms with Crippen LogP contribution in [0.1, 0.15) is 16.1 Å². The third kappa shape index (κ3) is 3.65. The van der Waals surface area contributed by atoms with E-state index in [1.54, 1.807) is 4.90 Å². The number of piperazine rings is 1. The maximum Gasteiger partial charge on any atom is 0.269 e. The smallest absolute Gasteiger partial charge is 0.269 e. The van der Waals surface area contributed by atoms with E-state index in [4.69, 9.17) is 0 Å². The van der Waals surface area contributed by atoms with Gasteiger partial charge in [0.25, 0.3) is 11.6 Å². The SMILES string of the molecule is O=C(c1ccc([N+](=O)[O-])cc1)N1CCN(Cc2cc3ccccn3n2)CC1. The monoisotopic (exact) mass is 365 g/mol. The molecule has 1 aliphatic rings. The van der Waals surface area contributed by atoms with Gasteiger partial charge in [-0.25, -0.2) is 4.52 Å². The first-order chi connectivity index (χ1) is 13.1. The average molecular weight is 365 g/mol. The fourth-order valence-electron chi connectivity index (χ4n) is 3.31. The molecule has 3 heterocycles. The number of benzene rings is 1. The minimum Gasteiger partial charge on any atom is -0.336 e. The summed E-state index contributed by atoms with van der Waals surface area (Å²) in [5.41, 5.74) is 2.55. The van der Waals surface area contributed by atoms with E-state index in [0.29, 0.717) is 18.7 Å². The molecule has 0 radical (unpaired) electrons. The number of carbonyl (C=O) groups is 1. The Bertz CT molecular complexity index is 941. The van der Waals surface area contributed by atoms with E-state index in [9.17, 15) is 14.9 Å². The Morgan fingerprint density at radius 3 is 2.48 bits per heavy atom. The van der Waals surface area contributed by atoms with Crippen LogP contribution in [0.2, 0.25) is 0 Å². The highest BCUT2D eigenvalue weighted by Crippen LogP contribution is 2.16. The van der Waals surface area contributed by atoms with Crippen LogP contribution in [0, 0.1) is 10.1 Å². The predicted octanol–water partition coefficient (Wildman–Crippen LogP) is 2.20. The largest absolute Gasteiger partial charge is 0.336 e. The van der Waals surface area contributed by atoms with Crippen LogP contribution in [-0.4, -0.2) is 56.4 Å². The zero-order chi connectivity index (χ0) is 18.8. The number of aromatic nitrogens is 2. The Hall–Kier alpha value is -3.26. The van der Waals surface area contributed by atoms with Crippen LogP contribution in [0.3, 0.4) is 0 Å². The Balaban J connectivity index is 1.35. The number of nitro groups is 1. The molecule has 1 aliphatic heterocycles. The molecule has 1 fully saturated rings. The molecule has 138 valence electrons. The highest BCUT2D eigenvalue weighted by atomic mass is 16.6. The van der Waals surface area contributed by atoms with Crippen LogP contribution in [0.15, 0.2) is 54.7 Å². The van der Waals surface area contributed by atoms with E-state index in [1.165, 1.54) is 24.3 Å². The van der Waals surface area contributed by atoms with Crippen molar-refractivity contribution in [3.8, 4) is 0 Å². The van der Waals surface area contributed by atoms with Crippen LogP contribution in [0.25, 0.3) is 5.52 Å². The number of rotatable bonds is 4. The van der Waals surface area contributed by atoms with Crippen molar-refractivity contribution >= 4 is 17.1 Å². The molecule has 1 saturated heterocycles. The molecule has 0 aliphatic carbocycles. The van der Waals surface area contributed by atoms with Crippen LogP contribution in [0.5, 0.6) is 0 Å². The summed E-state index contributed by atoms with van der Waals surface area (Å²) in [4.78, 5) is 26.9. The van der Waals surface area contributed by atoms with E-state index in [-0.39, 0.29) is 11.6 Å². The quantitative estimate of drug-likeness (QED) is 0.523. The van der Waals surface area contributed by atoms with Gasteiger partial charge in [0.15, 0.2) is 0 Å². The maximum absolute atomic E-state index is 12.6. The minimum absolute atomic E-state index is 0.0103. The second kappa shape index (κ2) is 7.16. The molecule has 1 aromatic carbocycles. The van der Waals surface area contributed by atoms with Gasteiger partial charge in [-0.3, -0.25) is 19.8 Å². The van der Waals surface area contributed by atoms with Crippen LogP contribution < -0.4 is 0 Å². The number of hydrogen-bond acceptors (Lipinski definition) is 5. The zero-order valence-electron chi connectivity index (χ0n) is 14.7. The number of hydrogen-bond donors (Lipinski definition) is 0. The molecular formula is C19H19N5O3. The van der Waals surface area contributed by atoms with E-state index in [0.717, 1.165) is 30.8 Å². The van der Waals surface area contributed by atoms with Gasteiger partial charge in [0.1, 0.15) is 0 Å². The molecule has 2 aromatic heterocycles. The number of nitrogens with zero attached hydrogens (tertiary/aromatic N) is 5. The molecule has 8 heteroatoms. The third-order valence-corrected chi connectivity index (χ3v) is 4.79. The summed E-state index contributed by atoms with van der Waals surface area (Å²) in [5.74, 6) is -0.0859. The van der Waals surface area contributed by atoms with Crippen molar-refractivity contribution < 1.29 is 9.72 Å². The van der Waals surface area contributed by atoms with Gasteiger partial charge in [0.05, 0.1) is 16.1 Å². The zero-order valence-corrected chi connectivity index (χ0v) is 14.7.